The summed E-state index contributed by atoms with van der Waals surface area (Å²) in [4.78, 5) is 11.3. The number of benzene rings is 1. The second kappa shape index (κ2) is 5.74. The summed E-state index contributed by atoms with van der Waals surface area (Å²) in [5.41, 5.74) is 5.49. The van der Waals surface area contributed by atoms with Crippen molar-refractivity contribution in [3.8, 4) is 11.5 Å². The van der Waals surface area contributed by atoms with Crippen LogP contribution in [0.5, 0.6) is 11.5 Å². The fourth-order valence-corrected chi connectivity index (χ4v) is 4.31. The van der Waals surface area contributed by atoms with Gasteiger partial charge in [-0.3, -0.25) is 9.48 Å². The highest BCUT2D eigenvalue weighted by Crippen LogP contribution is 2.35. The average Bonchev–Trinajstić information content (AvgIpc) is 3.02. The lowest BCUT2D eigenvalue weighted by molar-refractivity contribution is 0.0999. The van der Waals surface area contributed by atoms with Crippen molar-refractivity contribution in [2.24, 2.45) is 5.73 Å². The Balaban J connectivity index is 1.50. The quantitative estimate of drug-likeness (QED) is 0.816. The van der Waals surface area contributed by atoms with Crippen molar-refractivity contribution in [3.63, 3.8) is 0 Å². The van der Waals surface area contributed by atoms with Gasteiger partial charge >= 0.3 is 0 Å². The van der Waals surface area contributed by atoms with Crippen LogP contribution in [-0.4, -0.2) is 54.7 Å². The minimum Gasteiger partial charge on any atom is -0.486 e. The number of aromatic nitrogens is 2. The molecule has 2 aliphatic heterocycles. The van der Waals surface area contributed by atoms with Gasteiger partial charge in [0, 0.05) is 25.4 Å². The molecule has 3 heterocycles. The van der Waals surface area contributed by atoms with Crippen molar-refractivity contribution in [3.05, 3.63) is 36.2 Å². The molecule has 0 aliphatic carbocycles. The van der Waals surface area contributed by atoms with Crippen LogP contribution in [0.2, 0.25) is 0 Å². The molecule has 0 bridgehead atoms. The monoisotopic (exact) mass is 364 g/mol. The van der Waals surface area contributed by atoms with Crippen molar-refractivity contribution < 1.29 is 22.7 Å². The first-order valence-corrected chi connectivity index (χ1v) is 9.13. The lowest BCUT2D eigenvalue weighted by Crippen LogP contribution is -2.50. The van der Waals surface area contributed by atoms with Crippen LogP contribution < -0.4 is 15.2 Å². The molecule has 0 saturated carbocycles. The predicted molar refractivity (Wildman–Crippen MR) is 86.0 cm³/mol. The molecule has 0 atom stereocenters. The maximum atomic E-state index is 12.7. The Morgan fingerprint density at radius 3 is 2.60 bits per heavy atom. The van der Waals surface area contributed by atoms with Gasteiger partial charge in [-0.15, -0.1) is 0 Å². The average molecular weight is 364 g/mol. The van der Waals surface area contributed by atoms with E-state index in [0.717, 1.165) is 0 Å². The van der Waals surface area contributed by atoms with E-state index in [1.165, 1.54) is 28.8 Å². The van der Waals surface area contributed by atoms with E-state index in [1.54, 1.807) is 10.7 Å². The van der Waals surface area contributed by atoms with Gasteiger partial charge in [0.15, 0.2) is 11.5 Å². The first-order chi connectivity index (χ1) is 11.9. The van der Waals surface area contributed by atoms with E-state index in [4.69, 9.17) is 15.2 Å². The van der Waals surface area contributed by atoms with E-state index in [9.17, 15) is 13.2 Å². The second-order valence-electron chi connectivity index (χ2n) is 5.85. The molecule has 0 unspecified atom stereocenters. The standard InChI is InChI=1S/C15H16N4O5S/c16-15(20)10-6-17-19(7-10)11-8-18(9-11)25(21,22)12-1-2-13-14(5-12)24-4-3-23-13/h1-2,5-7,11H,3-4,8-9H2,(H2,16,20). The number of nitrogens with zero attached hydrogens (tertiary/aromatic N) is 3. The van der Waals surface area contributed by atoms with E-state index in [2.05, 4.69) is 5.10 Å². The molecular weight excluding hydrogens is 348 g/mol. The highest BCUT2D eigenvalue weighted by Gasteiger charge is 2.38. The maximum Gasteiger partial charge on any atom is 0.251 e. The number of amides is 1. The van der Waals surface area contributed by atoms with Gasteiger partial charge in [0.1, 0.15) is 13.2 Å². The first-order valence-electron chi connectivity index (χ1n) is 7.69. The molecule has 1 fully saturated rings. The maximum absolute atomic E-state index is 12.7. The summed E-state index contributed by atoms with van der Waals surface area (Å²) >= 11 is 0. The van der Waals surface area contributed by atoms with E-state index in [1.807, 2.05) is 0 Å². The van der Waals surface area contributed by atoms with Crippen LogP contribution in [-0.2, 0) is 10.0 Å². The smallest absolute Gasteiger partial charge is 0.251 e. The summed E-state index contributed by atoms with van der Waals surface area (Å²) in [5.74, 6) is 0.413. The normalized spacial score (nSPS) is 17.9. The van der Waals surface area contributed by atoms with Gasteiger partial charge in [-0.25, -0.2) is 8.42 Å². The molecule has 0 spiro atoms. The molecule has 1 amide bonds. The molecule has 1 saturated heterocycles. The van der Waals surface area contributed by atoms with E-state index >= 15 is 0 Å². The zero-order valence-electron chi connectivity index (χ0n) is 13.2. The van der Waals surface area contributed by atoms with Gasteiger partial charge in [0.25, 0.3) is 5.91 Å². The summed E-state index contributed by atoms with van der Waals surface area (Å²) in [7, 11) is -3.62. The molecular formula is C15H16N4O5S. The third kappa shape index (κ3) is 2.72. The Bertz CT molecular complexity index is 933. The number of hydrogen-bond acceptors (Lipinski definition) is 6. The molecule has 1 aromatic carbocycles. The molecule has 1 aromatic heterocycles. The van der Waals surface area contributed by atoms with Crippen LogP contribution in [0.3, 0.4) is 0 Å². The number of carbonyl (C=O) groups excluding carboxylic acids is 1. The Morgan fingerprint density at radius 1 is 1.20 bits per heavy atom. The Morgan fingerprint density at radius 2 is 1.92 bits per heavy atom. The molecule has 2 N–H and O–H groups in total. The van der Waals surface area contributed by atoms with Crippen LogP contribution in [0.1, 0.15) is 16.4 Å². The van der Waals surface area contributed by atoms with Gasteiger partial charge in [-0.05, 0) is 12.1 Å². The molecule has 9 nitrogen and oxygen atoms in total. The van der Waals surface area contributed by atoms with Gasteiger partial charge in [-0.1, -0.05) is 0 Å². The molecule has 10 heteroatoms. The predicted octanol–water partition coefficient (Wildman–Crippen LogP) is -0.00120. The summed E-state index contributed by atoms with van der Waals surface area (Å²) < 4.78 is 39.2. The van der Waals surface area contributed by atoms with E-state index in [-0.39, 0.29) is 24.0 Å². The van der Waals surface area contributed by atoms with Crippen molar-refractivity contribution in [2.75, 3.05) is 26.3 Å². The molecule has 2 aromatic rings. The van der Waals surface area contributed by atoms with Crippen molar-refractivity contribution in [1.82, 2.24) is 14.1 Å². The van der Waals surface area contributed by atoms with Gasteiger partial charge in [-0.2, -0.15) is 9.40 Å². The van der Waals surface area contributed by atoms with Crippen LogP contribution in [0.4, 0.5) is 0 Å². The van der Waals surface area contributed by atoms with Crippen LogP contribution in [0.15, 0.2) is 35.5 Å². The first kappa shape index (κ1) is 15.9. The Kier molecular flexibility index (Phi) is 3.65. The van der Waals surface area contributed by atoms with E-state index in [0.29, 0.717) is 30.3 Å². The van der Waals surface area contributed by atoms with Crippen molar-refractivity contribution in [2.45, 2.75) is 10.9 Å². The second-order valence-corrected chi connectivity index (χ2v) is 7.79. The zero-order chi connectivity index (χ0) is 17.6. The number of nitrogens with two attached hydrogens (primary N) is 1. The summed E-state index contributed by atoms with van der Waals surface area (Å²) in [6.07, 6.45) is 2.90. The number of hydrogen-bond donors (Lipinski definition) is 1. The molecule has 25 heavy (non-hydrogen) atoms. The molecule has 4 rings (SSSR count). The van der Waals surface area contributed by atoms with Crippen molar-refractivity contribution >= 4 is 15.9 Å². The number of sulfonamides is 1. The molecule has 132 valence electrons. The fraction of sp³-hybridized carbons (Fsp3) is 0.333. The number of fused-ring (bicyclic) bond motifs is 1. The highest BCUT2D eigenvalue weighted by atomic mass is 32.2. The third-order valence-corrected chi connectivity index (χ3v) is 6.07. The SMILES string of the molecule is NC(=O)c1cnn(C2CN(S(=O)(=O)c3ccc4c(c3)OCCO4)C2)c1. The van der Waals surface area contributed by atoms with Gasteiger partial charge < -0.3 is 15.2 Å². The zero-order valence-corrected chi connectivity index (χ0v) is 14.0. The van der Waals surface area contributed by atoms with Crippen LogP contribution >= 0.6 is 0 Å². The van der Waals surface area contributed by atoms with Gasteiger partial charge in [0.2, 0.25) is 10.0 Å². The fourth-order valence-electron chi connectivity index (χ4n) is 2.78. The number of carbonyl (C=O) groups is 1. The topological polar surface area (TPSA) is 117 Å². The van der Waals surface area contributed by atoms with Crippen LogP contribution in [0, 0.1) is 0 Å². The van der Waals surface area contributed by atoms with Crippen LogP contribution in [0.25, 0.3) is 0 Å². The molecule has 0 radical (unpaired) electrons. The lowest BCUT2D eigenvalue weighted by atomic mass is 10.2. The van der Waals surface area contributed by atoms with Gasteiger partial charge in [0.05, 0.1) is 22.7 Å². The third-order valence-electron chi connectivity index (χ3n) is 4.24. The summed E-state index contributed by atoms with van der Waals surface area (Å²) in [5, 5.41) is 4.06. The minimum atomic E-state index is -3.62. The molecule has 2 aliphatic rings. The minimum absolute atomic E-state index is 0.125. The summed E-state index contributed by atoms with van der Waals surface area (Å²) in [6.45, 7) is 1.39. The van der Waals surface area contributed by atoms with Crippen molar-refractivity contribution in [1.29, 1.82) is 0 Å². The number of primary amides is 1. The largest absolute Gasteiger partial charge is 0.486 e. The summed E-state index contributed by atoms with van der Waals surface area (Å²) in [6, 6.07) is 4.47. The highest BCUT2D eigenvalue weighted by molar-refractivity contribution is 7.89. The number of rotatable bonds is 4. The number of ether oxygens (including phenoxy) is 2. The van der Waals surface area contributed by atoms with E-state index < -0.39 is 15.9 Å². The Hall–Kier alpha value is -2.59. The lowest BCUT2D eigenvalue weighted by Gasteiger charge is -2.38. The Labute approximate surface area is 144 Å².